The minimum atomic E-state index is 0.534. The molecule has 0 unspecified atom stereocenters. The number of rotatable bonds is 4. The molecule has 21 heavy (non-hydrogen) atoms. The van der Waals surface area contributed by atoms with Crippen LogP contribution in [0.3, 0.4) is 0 Å². The maximum absolute atomic E-state index is 5.69. The lowest BCUT2D eigenvalue weighted by atomic mass is 10.1. The van der Waals surface area contributed by atoms with Gasteiger partial charge in [0.15, 0.2) is 5.82 Å². The van der Waals surface area contributed by atoms with Crippen LogP contribution in [0.1, 0.15) is 6.92 Å². The predicted molar refractivity (Wildman–Crippen MR) is 80.2 cm³/mol. The molecule has 0 bridgehead atoms. The molecule has 0 amide bonds. The Balaban J connectivity index is 1.91. The first-order valence-electron chi connectivity index (χ1n) is 6.62. The molecular formula is C15H15N5O. The molecular weight excluding hydrogens is 266 g/mol. The highest BCUT2D eigenvalue weighted by Gasteiger charge is 2.06. The second kappa shape index (κ2) is 5.62. The predicted octanol–water partition coefficient (Wildman–Crippen LogP) is 2.31. The van der Waals surface area contributed by atoms with Gasteiger partial charge in [0.2, 0.25) is 5.88 Å². The third-order valence-corrected chi connectivity index (χ3v) is 2.98. The number of nitrogens with zero attached hydrogens (tertiary/aromatic N) is 4. The Labute approximate surface area is 122 Å². The van der Waals surface area contributed by atoms with Gasteiger partial charge in [0.05, 0.1) is 12.8 Å². The topological polar surface area (TPSA) is 78.9 Å². The van der Waals surface area contributed by atoms with Crippen molar-refractivity contribution in [2.24, 2.45) is 0 Å². The third-order valence-electron chi connectivity index (χ3n) is 2.98. The Hall–Kier alpha value is -2.89. The van der Waals surface area contributed by atoms with Crippen molar-refractivity contribution in [3.63, 3.8) is 0 Å². The van der Waals surface area contributed by atoms with Gasteiger partial charge in [-0.15, -0.1) is 0 Å². The highest BCUT2D eigenvalue weighted by atomic mass is 16.5. The molecule has 0 spiro atoms. The number of hydrogen-bond donors (Lipinski definition) is 1. The van der Waals surface area contributed by atoms with Crippen LogP contribution in [-0.4, -0.2) is 26.4 Å². The van der Waals surface area contributed by atoms with E-state index in [2.05, 4.69) is 15.1 Å². The Morgan fingerprint density at radius 3 is 2.71 bits per heavy atom. The molecule has 0 saturated heterocycles. The molecule has 6 heteroatoms. The molecule has 0 aliphatic heterocycles. The van der Waals surface area contributed by atoms with E-state index in [9.17, 15) is 0 Å². The quantitative estimate of drug-likeness (QED) is 0.742. The summed E-state index contributed by atoms with van der Waals surface area (Å²) in [6, 6.07) is 9.41. The van der Waals surface area contributed by atoms with Crippen molar-refractivity contribution in [2.75, 3.05) is 12.3 Å². The number of ether oxygens (including phenoxy) is 1. The fourth-order valence-corrected chi connectivity index (χ4v) is 1.95. The smallest absolute Gasteiger partial charge is 0.218 e. The summed E-state index contributed by atoms with van der Waals surface area (Å²) in [5.41, 5.74) is 8.48. The summed E-state index contributed by atoms with van der Waals surface area (Å²) in [4.78, 5) is 8.24. The van der Waals surface area contributed by atoms with Gasteiger partial charge in [0.1, 0.15) is 6.33 Å². The second-order valence-corrected chi connectivity index (χ2v) is 4.44. The molecule has 106 valence electrons. The average Bonchev–Trinajstić information content (AvgIpc) is 2.98. The van der Waals surface area contributed by atoms with Crippen molar-refractivity contribution >= 4 is 5.69 Å². The van der Waals surface area contributed by atoms with Crippen LogP contribution in [-0.2, 0) is 0 Å². The molecule has 1 aromatic carbocycles. The Kier molecular flexibility index (Phi) is 3.51. The summed E-state index contributed by atoms with van der Waals surface area (Å²) in [5, 5.41) is 4.33. The minimum absolute atomic E-state index is 0.534. The second-order valence-electron chi connectivity index (χ2n) is 4.44. The summed E-state index contributed by atoms with van der Waals surface area (Å²) in [6.07, 6.45) is 5.16. The summed E-state index contributed by atoms with van der Waals surface area (Å²) >= 11 is 0. The molecule has 2 aromatic heterocycles. The maximum Gasteiger partial charge on any atom is 0.218 e. The monoisotopic (exact) mass is 281 g/mol. The van der Waals surface area contributed by atoms with Crippen LogP contribution < -0.4 is 10.5 Å². The largest absolute Gasteiger partial charge is 0.478 e. The summed E-state index contributed by atoms with van der Waals surface area (Å²) in [7, 11) is 0. The van der Waals surface area contributed by atoms with E-state index in [1.165, 1.54) is 6.33 Å². The highest BCUT2D eigenvalue weighted by Crippen LogP contribution is 2.21. The molecule has 0 fully saturated rings. The van der Waals surface area contributed by atoms with Gasteiger partial charge in [-0.1, -0.05) is 12.1 Å². The van der Waals surface area contributed by atoms with E-state index < -0.39 is 0 Å². The summed E-state index contributed by atoms with van der Waals surface area (Å²) in [5.74, 6) is 1.20. The van der Waals surface area contributed by atoms with Crippen molar-refractivity contribution in [1.82, 2.24) is 19.7 Å². The maximum atomic E-state index is 5.69. The Morgan fingerprint density at radius 2 is 1.95 bits per heavy atom. The zero-order valence-corrected chi connectivity index (χ0v) is 11.6. The first kappa shape index (κ1) is 13.1. The van der Waals surface area contributed by atoms with Gasteiger partial charge < -0.3 is 10.5 Å². The lowest BCUT2D eigenvalue weighted by molar-refractivity contribution is 0.326. The van der Waals surface area contributed by atoms with Gasteiger partial charge in [0.25, 0.3) is 0 Å². The van der Waals surface area contributed by atoms with E-state index in [-0.39, 0.29) is 0 Å². The number of nitrogen functional groups attached to an aromatic ring is 1. The van der Waals surface area contributed by atoms with Gasteiger partial charge in [-0.05, 0) is 24.6 Å². The van der Waals surface area contributed by atoms with Crippen molar-refractivity contribution in [2.45, 2.75) is 6.92 Å². The van der Waals surface area contributed by atoms with Gasteiger partial charge in [0, 0.05) is 23.5 Å². The molecule has 0 atom stereocenters. The van der Waals surface area contributed by atoms with E-state index in [4.69, 9.17) is 10.5 Å². The molecule has 0 radical (unpaired) electrons. The fourth-order valence-electron chi connectivity index (χ4n) is 1.95. The van der Waals surface area contributed by atoms with Crippen molar-refractivity contribution < 1.29 is 4.74 Å². The Bertz CT molecular complexity index is 736. The molecule has 6 nitrogen and oxygen atoms in total. The van der Waals surface area contributed by atoms with E-state index in [0.717, 1.165) is 16.8 Å². The molecule has 0 aliphatic rings. The third kappa shape index (κ3) is 2.84. The first-order valence-corrected chi connectivity index (χ1v) is 6.62. The SMILES string of the molecule is CCOc1cc(-n2cc(-c3ccc(N)cc3)cn2)ncn1. The van der Waals surface area contributed by atoms with Crippen LogP contribution in [0.4, 0.5) is 5.69 Å². The van der Waals surface area contributed by atoms with Gasteiger partial charge in [-0.3, -0.25) is 0 Å². The van der Waals surface area contributed by atoms with Crippen LogP contribution in [0, 0.1) is 0 Å². The average molecular weight is 281 g/mol. The summed E-state index contributed by atoms with van der Waals surface area (Å²) in [6.45, 7) is 2.47. The molecule has 0 aliphatic carbocycles. The van der Waals surface area contributed by atoms with Crippen LogP contribution >= 0.6 is 0 Å². The van der Waals surface area contributed by atoms with Gasteiger partial charge in [-0.25, -0.2) is 14.6 Å². The van der Waals surface area contributed by atoms with Crippen LogP contribution in [0.15, 0.2) is 49.1 Å². The lowest BCUT2D eigenvalue weighted by Crippen LogP contribution is -2.01. The minimum Gasteiger partial charge on any atom is -0.478 e. The molecule has 3 aromatic rings. The highest BCUT2D eigenvalue weighted by molar-refractivity contribution is 5.64. The number of nitrogens with two attached hydrogens (primary N) is 1. The number of anilines is 1. The van der Waals surface area contributed by atoms with E-state index >= 15 is 0 Å². The van der Waals surface area contributed by atoms with E-state index in [1.54, 1.807) is 16.9 Å². The van der Waals surface area contributed by atoms with Crippen LogP contribution in [0.25, 0.3) is 16.9 Å². The molecule has 2 heterocycles. The zero-order valence-electron chi connectivity index (χ0n) is 11.6. The molecule has 0 saturated carbocycles. The molecule has 3 rings (SSSR count). The molecule has 2 N–H and O–H groups in total. The number of aromatic nitrogens is 4. The number of hydrogen-bond acceptors (Lipinski definition) is 5. The normalized spacial score (nSPS) is 10.5. The first-order chi connectivity index (χ1) is 10.3. The Morgan fingerprint density at radius 1 is 1.14 bits per heavy atom. The van der Waals surface area contributed by atoms with Crippen molar-refractivity contribution in [3.05, 3.63) is 49.1 Å². The van der Waals surface area contributed by atoms with Crippen LogP contribution in [0.5, 0.6) is 5.88 Å². The van der Waals surface area contributed by atoms with Crippen molar-refractivity contribution in [1.29, 1.82) is 0 Å². The van der Waals surface area contributed by atoms with Crippen LogP contribution in [0.2, 0.25) is 0 Å². The van der Waals surface area contributed by atoms with E-state index in [1.807, 2.05) is 37.4 Å². The zero-order chi connectivity index (χ0) is 14.7. The van der Waals surface area contributed by atoms with Crippen molar-refractivity contribution in [3.8, 4) is 22.8 Å². The van der Waals surface area contributed by atoms with E-state index in [0.29, 0.717) is 18.3 Å². The standard InChI is InChI=1S/C15H15N5O/c1-2-21-15-7-14(17-10-18-15)20-9-12(8-19-20)11-3-5-13(16)6-4-11/h3-10H,2,16H2,1H3. The van der Waals surface area contributed by atoms with Gasteiger partial charge >= 0.3 is 0 Å². The number of benzene rings is 1. The fraction of sp³-hybridized carbons (Fsp3) is 0.133. The van der Waals surface area contributed by atoms with Gasteiger partial charge in [-0.2, -0.15) is 5.10 Å². The summed E-state index contributed by atoms with van der Waals surface area (Å²) < 4.78 is 7.06. The lowest BCUT2D eigenvalue weighted by Gasteiger charge is -2.03.